The fraction of sp³-hybridized carbons (Fsp3) is 0.938. The standard InChI is InChI=1S/C16H33NO3/c1-7-17-16(6,15(18)19-8-2)11-9-10-12-20-14(5)13(3)4/h13-14,17H,7-12H2,1-6H3. The van der Waals surface area contributed by atoms with E-state index >= 15 is 0 Å². The van der Waals surface area contributed by atoms with Crippen LogP contribution >= 0.6 is 0 Å². The van der Waals surface area contributed by atoms with Crippen molar-refractivity contribution in [1.29, 1.82) is 0 Å². The van der Waals surface area contributed by atoms with Gasteiger partial charge in [0.05, 0.1) is 12.7 Å². The molecule has 0 aromatic rings. The minimum atomic E-state index is -0.575. The number of rotatable bonds is 11. The first-order valence-corrected chi connectivity index (χ1v) is 7.91. The molecule has 0 heterocycles. The number of esters is 1. The van der Waals surface area contributed by atoms with Crippen LogP contribution in [0, 0.1) is 5.92 Å². The van der Waals surface area contributed by atoms with Crippen LogP contribution in [0.1, 0.15) is 60.8 Å². The molecule has 0 aromatic heterocycles. The molecule has 0 saturated heterocycles. The minimum Gasteiger partial charge on any atom is -0.465 e. The van der Waals surface area contributed by atoms with Crippen molar-refractivity contribution in [3.05, 3.63) is 0 Å². The average molecular weight is 287 g/mol. The lowest BCUT2D eigenvalue weighted by atomic mass is 9.95. The summed E-state index contributed by atoms with van der Waals surface area (Å²) in [5.74, 6) is 0.389. The van der Waals surface area contributed by atoms with Gasteiger partial charge < -0.3 is 14.8 Å². The predicted molar refractivity (Wildman–Crippen MR) is 82.8 cm³/mol. The molecule has 0 spiro atoms. The molecule has 0 aliphatic heterocycles. The molecule has 4 nitrogen and oxygen atoms in total. The Kier molecular flexibility index (Phi) is 9.86. The first kappa shape index (κ1) is 19.4. The molecule has 0 bridgehead atoms. The van der Waals surface area contributed by atoms with E-state index in [0.717, 1.165) is 32.4 Å². The summed E-state index contributed by atoms with van der Waals surface area (Å²) in [5, 5.41) is 3.25. The van der Waals surface area contributed by atoms with Crippen LogP contribution in [0.5, 0.6) is 0 Å². The maximum absolute atomic E-state index is 12.0. The van der Waals surface area contributed by atoms with E-state index in [1.54, 1.807) is 0 Å². The van der Waals surface area contributed by atoms with Gasteiger partial charge in [-0.15, -0.1) is 0 Å². The number of likely N-dealkylation sites (N-methyl/N-ethyl adjacent to an activating group) is 1. The summed E-state index contributed by atoms with van der Waals surface area (Å²) in [6.45, 7) is 14.1. The molecular weight excluding hydrogens is 254 g/mol. The van der Waals surface area contributed by atoms with Gasteiger partial charge in [-0.2, -0.15) is 0 Å². The molecule has 0 saturated carbocycles. The van der Waals surface area contributed by atoms with Crippen LogP contribution in [0.4, 0.5) is 0 Å². The summed E-state index contributed by atoms with van der Waals surface area (Å²) in [6.07, 6.45) is 2.99. The Balaban J connectivity index is 4.06. The van der Waals surface area contributed by atoms with Crippen LogP contribution in [-0.4, -0.2) is 37.4 Å². The van der Waals surface area contributed by atoms with Crippen LogP contribution in [0.3, 0.4) is 0 Å². The molecular formula is C16H33NO3. The second-order valence-corrected chi connectivity index (χ2v) is 5.86. The Morgan fingerprint density at radius 1 is 1.20 bits per heavy atom. The van der Waals surface area contributed by atoms with E-state index in [4.69, 9.17) is 9.47 Å². The second-order valence-electron chi connectivity index (χ2n) is 5.86. The van der Waals surface area contributed by atoms with Crippen LogP contribution in [0.2, 0.25) is 0 Å². The SMILES string of the molecule is CCNC(C)(CCCCOC(C)C(C)C)C(=O)OCC. The third-order valence-electron chi connectivity index (χ3n) is 3.68. The van der Waals surface area contributed by atoms with Crippen molar-refractivity contribution >= 4 is 5.97 Å². The van der Waals surface area contributed by atoms with Crippen LogP contribution in [0.15, 0.2) is 0 Å². The zero-order valence-electron chi connectivity index (χ0n) is 14.1. The van der Waals surface area contributed by atoms with Crippen molar-refractivity contribution in [2.45, 2.75) is 72.4 Å². The van der Waals surface area contributed by atoms with Gasteiger partial charge in [-0.1, -0.05) is 20.8 Å². The van der Waals surface area contributed by atoms with Crippen molar-refractivity contribution in [2.24, 2.45) is 5.92 Å². The van der Waals surface area contributed by atoms with Crippen molar-refractivity contribution in [3.8, 4) is 0 Å². The molecule has 0 aromatic carbocycles. The number of hydrogen-bond acceptors (Lipinski definition) is 4. The molecule has 4 heteroatoms. The normalized spacial score (nSPS) is 15.9. The van der Waals surface area contributed by atoms with Gasteiger partial charge in [0.1, 0.15) is 5.54 Å². The Morgan fingerprint density at radius 2 is 1.85 bits per heavy atom. The molecule has 0 aliphatic rings. The summed E-state index contributed by atoms with van der Waals surface area (Å²) in [7, 11) is 0. The number of ether oxygens (including phenoxy) is 2. The van der Waals surface area contributed by atoms with Crippen molar-refractivity contribution < 1.29 is 14.3 Å². The number of nitrogens with one attached hydrogen (secondary N) is 1. The van der Waals surface area contributed by atoms with Gasteiger partial charge in [-0.25, -0.2) is 0 Å². The summed E-state index contributed by atoms with van der Waals surface area (Å²) in [6, 6.07) is 0. The van der Waals surface area contributed by atoms with Gasteiger partial charge in [-0.05, 0) is 52.5 Å². The Morgan fingerprint density at radius 3 is 2.35 bits per heavy atom. The highest BCUT2D eigenvalue weighted by Crippen LogP contribution is 2.16. The maximum atomic E-state index is 12.0. The van der Waals surface area contributed by atoms with Gasteiger partial charge in [0.2, 0.25) is 0 Å². The fourth-order valence-electron chi connectivity index (χ4n) is 1.99. The third kappa shape index (κ3) is 7.25. The predicted octanol–water partition coefficient (Wildman–Crippen LogP) is 3.15. The van der Waals surface area contributed by atoms with E-state index in [1.165, 1.54) is 0 Å². The van der Waals surface area contributed by atoms with Crippen LogP contribution < -0.4 is 5.32 Å². The smallest absolute Gasteiger partial charge is 0.326 e. The van der Waals surface area contributed by atoms with Gasteiger partial charge in [0.15, 0.2) is 0 Å². The number of carbonyl (C=O) groups is 1. The monoisotopic (exact) mass is 287 g/mol. The van der Waals surface area contributed by atoms with E-state index < -0.39 is 5.54 Å². The average Bonchev–Trinajstić information content (AvgIpc) is 2.38. The van der Waals surface area contributed by atoms with Gasteiger partial charge >= 0.3 is 5.97 Å². The van der Waals surface area contributed by atoms with Crippen molar-refractivity contribution in [1.82, 2.24) is 5.32 Å². The Hall–Kier alpha value is -0.610. The van der Waals surface area contributed by atoms with Crippen molar-refractivity contribution in [2.75, 3.05) is 19.8 Å². The molecule has 20 heavy (non-hydrogen) atoms. The Labute approximate surface area is 124 Å². The van der Waals surface area contributed by atoms with E-state index in [-0.39, 0.29) is 5.97 Å². The van der Waals surface area contributed by atoms with E-state index in [2.05, 4.69) is 26.1 Å². The Bertz CT molecular complexity index is 268. The lowest BCUT2D eigenvalue weighted by Crippen LogP contribution is -2.50. The highest BCUT2D eigenvalue weighted by molar-refractivity contribution is 5.80. The zero-order chi connectivity index (χ0) is 15.6. The molecule has 2 atom stereocenters. The lowest BCUT2D eigenvalue weighted by molar-refractivity contribution is -0.150. The molecule has 0 radical (unpaired) electrons. The van der Waals surface area contributed by atoms with Crippen molar-refractivity contribution in [3.63, 3.8) is 0 Å². The number of carbonyl (C=O) groups excluding carboxylic acids is 1. The van der Waals surface area contributed by atoms with Crippen LogP contribution in [0.25, 0.3) is 0 Å². The fourth-order valence-corrected chi connectivity index (χ4v) is 1.99. The largest absolute Gasteiger partial charge is 0.465 e. The first-order chi connectivity index (χ1) is 9.37. The molecule has 2 unspecified atom stereocenters. The maximum Gasteiger partial charge on any atom is 0.326 e. The molecule has 0 fully saturated rings. The summed E-state index contributed by atoms with van der Waals surface area (Å²) < 4.78 is 10.9. The second kappa shape index (κ2) is 10.2. The molecule has 0 amide bonds. The van der Waals surface area contributed by atoms with E-state index in [9.17, 15) is 4.79 Å². The van der Waals surface area contributed by atoms with Gasteiger partial charge in [-0.3, -0.25) is 4.79 Å². The first-order valence-electron chi connectivity index (χ1n) is 7.91. The molecule has 120 valence electrons. The van der Waals surface area contributed by atoms with Gasteiger partial charge in [0.25, 0.3) is 0 Å². The molecule has 0 rings (SSSR count). The summed E-state index contributed by atoms with van der Waals surface area (Å²) >= 11 is 0. The quantitative estimate of drug-likeness (QED) is 0.468. The molecule has 0 aliphatic carbocycles. The van der Waals surface area contributed by atoms with E-state index in [1.807, 2.05) is 20.8 Å². The molecule has 1 N–H and O–H groups in total. The topological polar surface area (TPSA) is 47.6 Å². The number of unbranched alkanes of at least 4 members (excludes halogenated alkanes) is 1. The minimum absolute atomic E-state index is 0.154. The highest BCUT2D eigenvalue weighted by Gasteiger charge is 2.32. The van der Waals surface area contributed by atoms with Gasteiger partial charge in [0, 0.05) is 6.61 Å². The lowest BCUT2D eigenvalue weighted by Gasteiger charge is -2.28. The summed E-state index contributed by atoms with van der Waals surface area (Å²) in [4.78, 5) is 12.0. The van der Waals surface area contributed by atoms with Crippen LogP contribution in [-0.2, 0) is 14.3 Å². The summed E-state index contributed by atoms with van der Waals surface area (Å²) in [5.41, 5.74) is -0.575. The third-order valence-corrected chi connectivity index (χ3v) is 3.68. The highest BCUT2D eigenvalue weighted by atomic mass is 16.5. The van der Waals surface area contributed by atoms with E-state index in [0.29, 0.717) is 18.6 Å². The number of hydrogen-bond donors (Lipinski definition) is 1. The zero-order valence-corrected chi connectivity index (χ0v) is 14.1.